The molecule has 0 atom stereocenters. The summed E-state index contributed by atoms with van der Waals surface area (Å²) < 4.78 is 1.56. The number of anilines is 1. The Morgan fingerprint density at radius 1 is 1.35 bits per heavy atom. The second kappa shape index (κ2) is 5.76. The number of hydrogen-bond donors (Lipinski definition) is 2. The number of amides is 1. The number of benzene rings is 1. The SMILES string of the molecule is CC1=C(C(=O)Cc2cc3cn[nH]c3cc2C(N)=O)Cn2nnnc2N1C. The van der Waals surface area contributed by atoms with Gasteiger partial charge in [-0.05, 0) is 35.0 Å². The first-order chi connectivity index (χ1) is 12.5. The highest BCUT2D eigenvalue weighted by atomic mass is 16.1. The van der Waals surface area contributed by atoms with E-state index in [0.717, 1.165) is 11.1 Å². The minimum atomic E-state index is -0.585. The first-order valence-corrected chi connectivity index (χ1v) is 7.94. The number of nitrogens with two attached hydrogens (primary N) is 1. The molecule has 0 fully saturated rings. The molecular formula is C16H16N8O2. The molecule has 10 heteroatoms. The molecule has 1 aliphatic rings. The van der Waals surface area contributed by atoms with Crippen molar-refractivity contribution in [3.05, 3.63) is 40.7 Å². The van der Waals surface area contributed by atoms with E-state index < -0.39 is 5.91 Å². The summed E-state index contributed by atoms with van der Waals surface area (Å²) in [5, 5.41) is 19.0. The van der Waals surface area contributed by atoms with Gasteiger partial charge in [-0.3, -0.25) is 14.7 Å². The molecule has 1 aromatic carbocycles. The van der Waals surface area contributed by atoms with Crippen LogP contribution in [0.2, 0.25) is 0 Å². The van der Waals surface area contributed by atoms with Gasteiger partial charge in [0.05, 0.1) is 18.3 Å². The standard InChI is InChI=1S/C16H16N8O2/c1-8-12(7-24-16(23(8)2)20-21-22-24)14(25)4-9-3-10-6-18-19-13(10)5-11(9)15(17)26/h3,5-6H,4,7H2,1-2H3,(H2,17,26)(H,18,19). The van der Waals surface area contributed by atoms with Gasteiger partial charge in [0.15, 0.2) is 5.78 Å². The summed E-state index contributed by atoms with van der Waals surface area (Å²) in [6.45, 7) is 2.14. The Morgan fingerprint density at radius 2 is 2.15 bits per heavy atom. The van der Waals surface area contributed by atoms with Crippen molar-refractivity contribution in [1.29, 1.82) is 0 Å². The number of carbonyl (C=O) groups is 2. The molecule has 0 unspecified atom stereocenters. The van der Waals surface area contributed by atoms with E-state index in [0.29, 0.717) is 28.2 Å². The van der Waals surface area contributed by atoms with Crippen molar-refractivity contribution >= 4 is 28.5 Å². The van der Waals surface area contributed by atoms with Crippen molar-refractivity contribution in [1.82, 2.24) is 30.4 Å². The van der Waals surface area contributed by atoms with Gasteiger partial charge in [-0.1, -0.05) is 5.10 Å². The molecule has 3 aromatic rings. The summed E-state index contributed by atoms with van der Waals surface area (Å²) in [5.41, 5.74) is 8.44. The molecule has 26 heavy (non-hydrogen) atoms. The summed E-state index contributed by atoms with van der Waals surface area (Å²) in [4.78, 5) is 26.5. The number of tetrazole rings is 1. The van der Waals surface area contributed by atoms with Crippen molar-refractivity contribution in [2.75, 3.05) is 11.9 Å². The number of ketones is 1. The van der Waals surface area contributed by atoms with E-state index in [9.17, 15) is 9.59 Å². The highest BCUT2D eigenvalue weighted by Crippen LogP contribution is 2.26. The number of rotatable bonds is 4. The molecule has 3 N–H and O–H groups in total. The number of allylic oxidation sites excluding steroid dienone is 2. The van der Waals surface area contributed by atoms with Gasteiger partial charge in [-0.25, -0.2) is 4.68 Å². The van der Waals surface area contributed by atoms with Gasteiger partial charge in [0.2, 0.25) is 11.9 Å². The molecule has 1 amide bonds. The van der Waals surface area contributed by atoms with Crippen LogP contribution >= 0.6 is 0 Å². The van der Waals surface area contributed by atoms with Crippen molar-refractivity contribution in [3.8, 4) is 0 Å². The predicted molar refractivity (Wildman–Crippen MR) is 92.2 cm³/mol. The number of Topliss-reactive ketones (excluding diaryl/α,β-unsaturated/α-hetero) is 1. The molecule has 0 saturated heterocycles. The summed E-state index contributed by atoms with van der Waals surface area (Å²) >= 11 is 0. The van der Waals surface area contributed by atoms with Gasteiger partial charge in [0.25, 0.3) is 0 Å². The van der Waals surface area contributed by atoms with E-state index in [2.05, 4.69) is 25.7 Å². The molecule has 0 saturated carbocycles. The van der Waals surface area contributed by atoms with Crippen LogP contribution in [-0.2, 0) is 17.8 Å². The summed E-state index contributed by atoms with van der Waals surface area (Å²) in [5.74, 6) is -0.115. The van der Waals surface area contributed by atoms with Gasteiger partial charge < -0.3 is 10.6 Å². The first kappa shape index (κ1) is 15.9. The lowest BCUT2D eigenvalue weighted by molar-refractivity contribution is -0.115. The van der Waals surface area contributed by atoms with Crippen molar-refractivity contribution in [2.45, 2.75) is 19.9 Å². The number of aromatic nitrogens is 6. The number of nitrogens with one attached hydrogen (secondary N) is 1. The topological polar surface area (TPSA) is 136 Å². The first-order valence-electron chi connectivity index (χ1n) is 7.94. The zero-order chi connectivity index (χ0) is 18.4. The molecule has 0 aliphatic carbocycles. The quantitative estimate of drug-likeness (QED) is 0.684. The van der Waals surface area contributed by atoms with Crippen molar-refractivity contribution < 1.29 is 9.59 Å². The van der Waals surface area contributed by atoms with Crippen molar-refractivity contribution in [2.24, 2.45) is 5.73 Å². The van der Waals surface area contributed by atoms with Crippen LogP contribution in [0.25, 0.3) is 10.9 Å². The fraction of sp³-hybridized carbons (Fsp3) is 0.250. The maximum Gasteiger partial charge on any atom is 0.249 e. The molecule has 0 bridgehead atoms. The Kier molecular flexibility index (Phi) is 3.53. The van der Waals surface area contributed by atoms with E-state index in [-0.39, 0.29) is 18.7 Å². The zero-order valence-corrected chi connectivity index (χ0v) is 14.2. The maximum atomic E-state index is 13.0. The molecule has 2 aromatic heterocycles. The van der Waals surface area contributed by atoms with Gasteiger partial charge >= 0.3 is 0 Å². The average molecular weight is 352 g/mol. The third kappa shape index (κ3) is 2.42. The summed E-state index contributed by atoms with van der Waals surface area (Å²) in [7, 11) is 1.80. The molecule has 1 aliphatic heterocycles. The van der Waals surface area contributed by atoms with Crippen LogP contribution in [0.15, 0.2) is 29.6 Å². The summed E-state index contributed by atoms with van der Waals surface area (Å²) in [6, 6.07) is 3.39. The number of carbonyl (C=O) groups excluding carboxylic acids is 2. The highest BCUT2D eigenvalue weighted by Gasteiger charge is 2.27. The van der Waals surface area contributed by atoms with Gasteiger partial charge in [0.1, 0.15) is 0 Å². The fourth-order valence-electron chi connectivity index (χ4n) is 3.14. The minimum absolute atomic E-state index is 0.0529. The molecular weight excluding hydrogens is 336 g/mol. The van der Waals surface area contributed by atoms with Crippen LogP contribution in [0.4, 0.5) is 5.95 Å². The third-order valence-corrected chi connectivity index (χ3v) is 4.68. The Balaban J connectivity index is 1.70. The molecule has 0 spiro atoms. The number of nitrogens with zero attached hydrogens (tertiary/aromatic N) is 6. The number of H-pyrrole nitrogens is 1. The monoisotopic (exact) mass is 352 g/mol. The van der Waals surface area contributed by atoms with Crippen LogP contribution in [-0.4, -0.2) is 49.1 Å². The van der Waals surface area contributed by atoms with Crippen molar-refractivity contribution in [3.63, 3.8) is 0 Å². The molecule has 10 nitrogen and oxygen atoms in total. The van der Waals surface area contributed by atoms with E-state index >= 15 is 0 Å². The molecule has 0 radical (unpaired) electrons. The van der Waals surface area contributed by atoms with E-state index in [1.54, 1.807) is 35.0 Å². The van der Waals surface area contributed by atoms with E-state index in [1.807, 2.05) is 6.92 Å². The Labute approximate surface area is 147 Å². The van der Waals surface area contributed by atoms with E-state index in [4.69, 9.17) is 5.73 Å². The number of fused-ring (bicyclic) bond motifs is 2. The van der Waals surface area contributed by atoms with Crippen LogP contribution in [0.5, 0.6) is 0 Å². The van der Waals surface area contributed by atoms with Crippen LogP contribution in [0.3, 0.4) is 0 Å². The van der Waals surface area contributed by atoms with Gasteiger partial charge in [-0.15, -0.1) is 0 Å². The molecule has 4 rings (SSSR count). The molecule has 3 heterocycles. The average Bonchev–Trinajstić information content (AvgIpc) is 3.25. The second-order valence-corrected chi connectivity index (χ2v) is 6.19. The van der Waals surface area contributed by atoms with Gasteiger partial charge in [-0.2, -0.15) is 5.10 Å². The van der Waals surface area contributed by atoms with Crippen LogP contribution in [0.1, 0.15) is 22.8 Å². The lowest BCUT2D eigenvalue weighted by Gasteiger charge is -2.26. The Bertz CT molecular complexity index is 1080. The van der Waals surface area contributed by atoms with E-state index in [1.165, 1.54) is 0 Å². The predicted octanol–water partition coefficient (Wildman–Crippen LogP) is 0.184. The maximum absolute atomic E-state index is 13.0. The number of primary amides is 1. The second-order valence-electron chi connectivity index (χ2n) is 6.19. The normalized spacial score (nSPS) is 14.0. The van der Waals surface area contributed by atoms with Gasteiger partial charge in [0, 0.05) is 35.7 Å². The largest absolute Gasteiger partial charge is 0.366 e. The smallest absolute Gasteiger partial charge is 0.249 e. The number of aromatic amines is 1. The summed E-state index contributed by atoms with van der Waals surface area (Å²) in [6.07, 6.45) is 1.69. The fourth-order valence-corrected chi connectivity index (χ4v) is 3.14. The Hall–Kier alpha value is -3.56. The Morgan fingerprint density at radius 3 is 2.92 bits per heavy atom. The minimum Gasteiger partial charge on any atom is -0.366 e. The number of hydrogen-bond acceptors (Lipinski definition) is 7. The molecule has 132 valence electrons. The van der Waals surface area contributed by atoms with Crippen LogP contribution < -0.4 is 10.6 Å². The highest BCUT2D eigenvalue weighted by molar-refractivity contribution is 6.03. The van der Waals surface area contributed by atoms with Crippen LogP contribution in [0, 0.1) is 0 Å². The zero-order valence-electron chi connectivity index (χ0n) is 14.2. The third-order valence-electron chi connectivity index (χ3n) is 4.68. The lowest BCUT2D eigenvalue weighted by atomic mass is 9.95. The lowest BCUT2D eigenvalue weighted by Crippen LogP contribution is -2.30.